The van der Waals surface area contributed by atoms with Crippen LogP contribution < -0.4 is 16.4 Å². The van der Waals surface area contributed by atoms with Crippen LogP contribution in [0.5, 0.6) is 0 Å². The lowest BCUT2D eigenvalue weighted by Gasteiger charge is -2.14. The number of carboxylic acid groups (broad SMARTS) is 1. The summed E-state index contributed by atoms with van der Waals surface area (Å²) in [6.07, 6.45) is 2.38. The third kappa shape index (κ3) is 7.65. The van der Waals surface area contributed by atoms with Crippen LogP contribution in [0, 0.1) is 0 Å². The summed E-state index contributed by atoms with van der Waals surface area (Å²) in [6, 6.07) is -2.08. The molecule has 0 aromatic carbocycles. The Morgan fingerprint density at radius 3 is 2.47 bits per heavy atom. The number of aliphatic hydroxyl groups is 1. The van der Waals surface area contributed by atoms with Gasteiger partial charge in [0.05, 0.1) is 19.2 Å². The molecule has 0 aliphatic heterocycles. The minimum Gasteiger partial charge on any atom is -0.480 e. The molecule has 19 heavy (non-hydrogen) atoms. The molecule has 0 rings (SSSR count). The zero-order valence-corrected chi connectivity index (χ0v) is 11.4. The Labute approximate surface area is 115 Å². The van der Waals surface area contributed by atoms with Gasteiger partial charge in [0.1, 0.15) is 6.04 Å². The monoisotopic (exact) mass is 293 g/mol. The Hall–Kier alpha value is -1.32. The standard InChI is InChI=1S/C10H19N3O5S/c1-19-3-2-6(11)9(16)12-4-8(15)13-7(5-14)10(17)18/h6-7,14H,2-5,11H2,1H3,(H,12,16)(H,13,15)(H,17,18)/t6-,7-/m0/s1. The number of nitrogens with two attached hydrogens (primary N) is 1. The molecular weight excluding hydrogens is 274 g/mol. The maximum atomic E-state index is 11.5. The van der Waals surface area contributed by atoms with E-state index in [0.29, 0.717) is 6.42 Å². The van der Waals surface area contributed by atoms with Crippen LogP contribution in [0.15, 0.2) is 0 Å². The number of aliphatic carboxylic acids is 1. The van der Waals surface area contributed by atoms with Gasteiger partial charge in [0.2, 0.25) is 11.8 Å². The van der Waals surface area contributed by atoms with Crippen LogP contribution in [0.2, 0.25) is 0 Å². The predicted octanol–water partition coefficient (Wildman–Crippen LogP) is -2.26. The van der Waals surface area contributed by atoms with E-state index in [1.54, 1.807) is 11.8 Å². The van der Waals surface area contributed by atoms with Crippen molar-refractivity contribution in [2.45, 2.75) is 18.5 Å². The fraction of sp³-hybridized carbons (Fsp3) is 0.700. The topological polar surface area (TPSA) is 142 Å². The molecule has 0 fully saturated rings. The van der Waals surface area contributed by atoms with E-state index < -0.39 is 36.5 Å². The molecule has 2 atom stereocenters. The summed E-state index contributed by atoms with van der Waals surface area (Å²) in [5.74, 6) is -1.79. The van der Waals surface area contributed by atoms with Gasteiger partial charge >= 0.3 is 5.97 Å². The highest BCUT2D eigenvalue weighted by molar-refractivity contribution is 7.98. The molecule has 8 nitrogen and oxygen atoms in total. The largest absolute Gasteiger partial charge is 0.480 e. The number of thioether (sulfide) groups is 1. The van der Waals surface area contributed by atoms with Crippen LogP contribution in [-0.2, 0) is 14.4 Å². The number of nitrogens with one attached hydrogen (secondary N) is 2. The van der Waals surface area contributed by atoms with E-state index in [1.807, 2.05) is 6.26 Å². The highest BCUT2D eigenvalue weighted by atomic mass is 32.2. The number of carbonyl (C=O) groups excluding carboxylic acids is 2. The van der Waals surface area contributed by atoms with Gasteiger partial charge in [0, 0.05) is 0 Å². The van der Waals surface area contributed by atoms with Gasteiger partial charge < -0.3 is 26.6 Å². The summed E-state index contributed by atoms with van der Waals surface area (Å²) >= 11 is 1.55. The number of carbonyl (C=O) groups is 3. The summed E-state index contributed by atoms with van der Waals surface area (Å²) in [7, 11) is 0. The average Bonchev–Trinajstić information content (AvgIpc) is 2.38. The Bertz CT molecular complexity index is 326. The fourth-order valence-corrected chi connectivity index (χ4v) is 1.59. The maximum absolute atomic E-state index is 11.5. The van der Waals surface area contributed by atoms with Gasteiger partial charge in [-0.05, 0) is 18.4 Å². The molecule has 0 saturated heterocycles. The first-order chi connectivity index (χ1) is 8.92. The van der Waals surface area contributed by atoms with Crippen LogP contribution in [-0.4, -0.2) is 65.2 Å². The molecule has 0 saturated carbocycles. The van der Waals surface area contributed by atoms with Gasteiger partial charge in [-0.25, -0.2) is 4.79 Å². The minimum absolute atomic E-state index is 0.379. The van der Waals surface area contributed by atoms with Crippen molar-refractivity contribution in [3.8, 4) is 0 Å². The first-order valence-electron chi connectivity index (χ1n) is 5.57. The quantitative estimate of drug-likeness (QED) is 0.323. The zero-order chi connectivity index (χ0) is 14.8. The second-order valence-electron chi connectivity index (χ2n) is 3.75. The van der Waals surface area contributed by atoms with Crippen LogP contribution >= 0.6 is 11.8 Å². The second-order valence-corrected chi connectivity index (χ2v) is 4.73. The molecule has 0 aliphatic carbocycles. The van der Waals surface area contributed by atoms with Crippen molar-refractivity contribution in [2.75, 3.05) is 25.2 Å². The number of hydrogen-bond donors (Lipinski definition) is 5. The second kappa shape index (κ2) is 9.59. The van der Waals surface area contributed by atoms with Crippen molar-refractivity contribution in [3.63, 3.8) is 0 Å². The average molecular weight is 293 g/mol. The van der Waals surface area contributed by atoms with E-state index in [9.17, 15) is 14.4 Å². The summed E-state index contributed by atoms with van der Waals surface area (Å²) in [5.41, 5.74) is 5.57. The van der Waals surface area contributed by atoms with E-state index in [1.165, 1.54) is 0 Å². The minimum atomic E-state index is -1.38. The number of amides is 2. The first-order valence-corrected chi connectivity index (χ1v) is 6.97. The molecule has 0 aromatic rings. The van der Waals surface area contributed by atoms with Gasteiger partial charge in [-0.3, -0.25) is 9.59 Å². The number of carboxylic acids is 1. The van der Waals surface area contributed by atoms with E-state index >= 15 is 0 Å². The summed E-state index contributed by atoms with van der Waals surface area (Å²) in [4.78, 5) is 33.3. The van der Waals surface area contributed by atoms with E-state index in [0.717, 1.165) is 5.75 Å². The highest BCUT2D eigenvalue weighted by Gasteiger charge is 2.19. The summed E-state index contributed by atoms with van der Waals surface area (Å²) < 4.78 is 0. The molecule has 9 heteroatoms. The van der Waals surface area contributed by atoms with Crippen LogP contribution in [0.1, 0.15) is 6.42 Å². The van der Waals surface area contributed by atoms with Crippen LogP contribution in [0.3, 0.4) is 0 Å². The van der Waals surface area contributed by atoms with Crippen molar-refractivity contribution in [1.82, 2.24) is 10.6 Å². The van der Waals surface area contributed by atoms with Crippen molar-refractivity contribution in [3.05, 3.63) is 0 Å². The fourth-order valence-electron chi connectivity index (χ4n) is 1.11. The van der Waals surface area contributed by atoms with E-state index in [-0.39, 0.29) is 6.54 Å². The smallest absolute Gasteiger partial charge is 0.328 e. The molecule has 0 aromatic heterocycles. The van der Waals surface area contributed by atoms with Gasteiger partial charge in [0.15, 0.2) is 0 Å². The number of hydrogen-bond acceptors (Lipinski definition) is 6. The molecule has 0 bridgehead atoms. The highest BCUT2D eigenvalue weighted by Crippen LogP contribution is 1.98. The molecule has 0 spiro atoms. The summed E-state index contributed by atoms with van der Waals surface area (Å²) in [6.45, 7) is -1.10. The molecular formula is C10H19N3O5S. The number of aliphatic hydroxyl groups excluding tert-OH is 1. The number of rotatable bonds is 9. The van der Waals surface area contributed by atoms with E-state index in [4.69, 9.17) is 15.9 Å². The normalized spacial score (nSPS) is 13.4. The van der Waals surface area contributed by atoms with Crippen molar-refractivity contribution >= 4 is 29.5 Å². The predicted molar refractivity (Wildman–Crippen MR) is 70.6 cm³/mol. The lowest BCUT2D eigenvalue weighted by atomic mass is 10.2. The van der Waals surface area contributed by atoms with Gasteiger partial charge in [-0.2, -0.15) is 11.8 Å². The molecule has 0 unspecified atom stereocenters. The molecule has 6 N–H and O–H groups in total. The molecule has 0 radical (unpaired) electrons. The SMILES string of the molecule is CSCC[C@H](N)C(=O)NCC(=O)N[C@@H](CO)C(=O)O. The molecule has 0 heterocycles. The molecule has 110 valence electrons. The van der Waals surface area contributed by atoms with Crippen molar-refractivity contribution in [2.24, 2.45) is 5.73 Å². The van der Waals surface area contributed by atoms with Gasteiger partial charge in [0.25, 0.3) is 0 Å². The third-order valence-corrected chi connectivity index (χ3v) is 2.85. The first kappa shape index (κ1) is 17.7. The van der Waals surface area contributed by atoms with Crippen molar-refractivity contribution in [1.29, 1.82) is 0 Å². The third-order valence-electron chi connectivity index (χ3n) is 2.21. The molecule has 0 aliphatic rings. The Kier molecular flexibility index (Phi) is 8.92. The Balaban J connectivity index is 4.01. The van der Waals surface area contributed by atoms with Gasteiger partial charge in [-0.1, -0.05) is 0 Å². The Morgan fingerprint density at radius 2 is 2.00 bits per heavy atom. The van der Waals surface area contributed by atoms with E-state index in [2.05, 4.69) is 10.6 Å². The lowest BCUT2D eigenvalue weighted by Crippen LogP contribution is -2.49. The molecule has 2 amide bonds. The summed E-state index contributed by atoms with van der Waals surface area (Å²) in [5, 5.41) is 21.7. The maximum Gasteiger partial charge on any atom is 0.328 e. The van der Waals surface area contributed by atoms with Crippen LogP contribution in [0.4, 0.5) is 0 Å². The van der Waals surface area contributed by atoms with Crippen molar-refractivity contribution < 1.29 is 24.6 Å². The van der Waals surface area contributed by atoms with Crippen LogP contribution in [0.25, 0.3) is 0 Å². The lowest BCUT2D eigenvalue weighted by molar-refractivity contribution is -0.142. The van der Waals surface area contributed by atoms with Gasteiger partial charge in [-0.15, -0.1) is 0 Å². The zero-order valence-electron chi connectivity index (χ0n) is 10.6. The Morgan fingerprint density at radius 1 is 1.37 bits per heavy atom.